The lowest BCUT2D eigenvalue weighted by molar-refractivity contribution is 0.102. The Hall–Kier alpha value is -3.64. The van der Waals surface area contributed by atoms with Crippen LogP contribution in [0.5, 0.6) is 0 Å². The minimum Gasteiger partial charge on any atom is -0.322 e. The zero-order valence-electron chi connectivity index (χ0n) is 18.4. The molecule has 1 aliphatic carbocycles. The maximum Gasteiger partial charge on any atom is 0.259 e. The van der Waals surface area contributed by atoms with Gasteiger partial charge in [0.05, 0.1) is 22.5 Å². The molecule has 4 aromatic rings. The average molecular weight is 479 g/mol. The van der Waals surface area contributed by atoms with Gasteiger partial charge in [0.2, 0.25) is 15.8 Å². The number of pyridine rings is 1. The highest BCUT2D eigenvalue weighted by molar-refractivity contribution is 7.90. The number of fused-ring (bicyclic) bond motifs is 1. The highest BCUT2D eigenvalue weighted by Gasteiger charge is 2.46. The highest BCUT2D eigenvalue weighted by Crippen LogP contribution is 2.35. The number of benzene rings is 1. The quantitative estimate of drug-likeness (QED) is 0.448. The molecule has 0 radical (unpaired) electrons. The van der Waals surface area contributed by atoms with Crippen molar-refractivity contribution >= 4 is 27.1 Å². The van der Waals surface area contributed by atoms with E-state index in [1.54, 1.807) is 16.9 Å². The second-order valence-electron chi connectivity index (χ2n) is 8.72. The number of aryl methyl sites for hydroxylation is 1. The number of nitrogens with one attached hydrogen (secondary N) is 1. The fraction of sp³-hybridized carbons (Fsp3) is 0.318. The Bertz CT molecular complexity index is 1520. The predicted molar refractivity (Wildman–Crippen MR) is 124 cm³/mol. The van der Waals surface area contributed by atoms with Gasteiger partial charge in [-0.25, -0.2) is 12.9 Å². The fourth-order valence-electron chi connectivity index (χ4n) is 4.04. The smallest absolute Gasteiger partial charge is 0.259 e. The Morgan fingerprint density at radius 1 is 1.15 bits per heavy atom. The van der Waals surface area contributed by atoms with Crippen LogP contribution in [-0.4, -0.2) is 66.8 Å². The number of carbonyl (C=O) groups excluding carboxylic acids is 1. The minimum atomic E-state index is -3.17. The summed E-state index contributed by atoms with van der Waals surface area (Å²) >= 11 is 0. The number of anilines is 1. The number of rotatable bonds is 6. The van der Waals surface area contributed by atoms with Crippen molar-refractivity contribution in [2.75, 3.05) is 18.4 Å². The summed E-state index contributed by atoms with van der Waals surface area (Å²) in [5.41, 5.74) is 3.43. The largest absolute Gasteiger partial charge is 0.322 e. The average Bonchev–Trinajstić information content (AvgIpc) is 3.40. The number of hydrogen-bond acceptors (Lipinski definition) is 7. The third-order valence-corrected chi connectivity index (χ3v) is 8.64. The van der Waals surface area contributed by atoms with Gasteiger partial charge in [-0.15, -0.1) is 10.2 Å². The van der Waals surface area contributed by atoms with Gasteiger partial charge in [-0.05, 0) is 48.7 Å². The number of sulfonamides is 1. The van der Waals surface area contributed by atoms with Crippen molar-refractivity contribution in [1.82, 2.24) is 34.1 Å². The van der Waals surface area contributed by atoms with Gasteiger partial charge in [-0.2, -0.15) is 14.2 Å². The van der Waals surface area contributed by atoms with Crippen LogP contribution in [0.3, 0.4) is 0 Å². The fourth-order valence-corrected chi connectivity index (χ4v) is 5.95. The van der Waals surface area contributed by atoms with Crippen LogP contribution in [-0.2, 0) is 10.0 Å². The van der Waals surface area contributed by atoms with Crippen molar-refractivity contribution in [3.05, 3.63) is 59.9 Å². The van der Waals surface area contributed by atoms with Crippen molar-refractivity contribution in [1.29, 1.82) is 0 Å². The van der Waals surface area contributed by atoms with E-state index in [-0.39, 0.29) is 17.2 Å². The third kappa shape index (κ3) is 3.55. The molecule has 1 N–H and O–H groups in total. The first-order valence-electron chi connectivity index (χ1n) is 11.0. The lowest BCUT2D eigenvalue weighted by atomic mass is 10.1. The van der Waals surface area contributed by atoms with Gasteiger partial charge >= 0.3 is 0 Å². The lowest BCUT2D eigenvalue weighted by Gasteiger charge is -2.36. The van der Waals surface area contributed by atoms with Gasteiger partial charge in [0, 0.05) is 30.5 Å². The molecule has 0 atom stereocenters. The summed E-state index contributed by atoms with van der Waals surface area (Å²) in [6, 6.07) is 11.0. The summed E-state index contributed by atoms with van der Waals surface area (Å²) < 4.78 is 27.8. The number of nitrogens with zero attached hydrogens (tertiary/aromatic N) is 7. The Labute approximate surface area is 195 Å². The molecule has 0 unspecified atom stereocenters. The van der Waals surface area contributed by atoms with E-state index in [4.69, 9.17) is 0 Å². The standard InChI is InChI=1S/C22H22N8O3S/c1-14-5-6-15(10-19(14)24-22(31)18-11-23-29-9-3-2-4-20(18)29)21-25-27-30(26-21)16-12-28(13-16)34(32,33)17-7-8-17/h2-6,9-11,16-17H,7-8,12-13H2,1H3,(H,24,31). The number of carbonyl (C=O) groups is 1. The van der Waals surface area contributed by atoms with Gasteiger partial charge in [-0.3, -0.25) is 4.79 Å². The molecule has 0 bridgehead atoms. The molecule has 2 aliphatic rings. The summed E-state index contributed by atoms with van der Waals surface area (Å²) in [7, 11) is -3.17. The molecule has 4 heterocycles. The van der Waals surface area contributed by atoms with Gasteiger partial charge in [0.25, 0.3) is 5.91 Å². The zero-order valence-corrected chi connectivity index (χ0v) is 19.2. The number of amides is 1. The molecule has 1 saturated carbocycles. The number of hydrogen-bond donors (Lipinski definition) is 1. The van der Waals surface area contributed by atoms with Crippen LogP contribution in [0.15, 0.2) is 48.8 Å². The van der Waals surface area contributed by atoms with Crippen molar-refractivity contribution in [3.63, 3.8) is 0 Å². The Kier molecular flexibility index (Phi) is 4.74. The molecule has 3 aromatic heterocycles. The summed E-state index contributed by atoms with van der Waals surface area (Å²) in [5.74, 6) is 0.152. The zero-order chi connectivity index (χ0) is 23.4. The molecule has 174 valence electrons. The third-order valence-electron chi connectivity index (χ3n) is 6.30. The molecule has 12 heteroatoms. The summed E-state index contributed by atoms with van der Waals surface area (Å²) in [5, 5.41) is 19.7. The Balaban J connectivity index is 1.19. The highest BCUT2D eigenvalue weighted by atomic mass is 32.2. The van der Waals surface area contributed by atoms with E-state index in [0.717, 1.165) is 23.9 Å². The lowest BCUT2D eigenvalue weighted by Crippen LogP contribution is -2.52. The maximum atomic E-state index is 12.9. The molecule has 34 heavy (non-hydrogen) atoms. The molecular formula is C22H22N8O3S. The van der Waals surface area contributed by atoms with Crippen LogP contribution in [0.25, 0.3) is 16.9 Å². The van der Waals surface area contributed by atoms with E-state index in [1.165, 1.54) is 9.10 Å². The Morgan fingerprint density at radius 2 is 1.97 bits per heavy atom. The maximum absolute atomic E-state index is 12.9. The van der Waals surface area contributed by atoms with Gasteiger partial charge in [0.15, 0.2) is 0 Å². The molecule has 1 saturated heterocycles. The van der Waals surface area contributed by atoms with Crippen molar-refractivity contribution < 1.29 is 13.2 Å². The van der Waals surface area contributed by atoms with Gasteiger partial charge < -0.3 is 5.32 Å². The van der Waals surface area contributed by atoms with Crippen molar-refractivity contribution in [2.24, 2.45) is 0 Å². The summed E-state index contributed by atoms with van der Waals surface area (Å²) in [6.07, 6.45) is 4.83. The van der Waals surface area contributed by atoms with Crippen LogP contribution in [0.2, 0.25) is 0 Å². The number of aromatic nitrogens is 6. The van der Waals surface area contributed by atoms with Gasteiger partial charge in [-0.1, -0.05) is 18.2 Å². The summed E-state index contributed by atoms with van der Waals surface area (Å²) in [4.78, 5) is 14.4. The Morgan fingerprint density at radius 3 is 2.76 bits per heavy atom. The first-order chi connectivity index (χ1) is 16.4. The minimum absolute atomic E-state index is 0.130. The topological polar surface area (TPSA) is 127 Å². The van der Waals surface area contributed by atoms with E-state index in [2.05, 4.69) is 25.8 Å². The van der Waals surface area contributed by atoms with E-state index < -0.39 is 10.0 Å². The first-order valence-corrected chi connectivity index (χ1v) is 12.5. The molecule has 0 spiro atoms. The van der Waals surface area contributed by atoms with Gasteiger partial charge in [0.1, 0.15) is 6.04 Å². The predicted octanol–water partition coefficient (Wildman–Crippen LogP) is 1.90. The second kappa shape index (κ2) is 7.71. The normalized spacial score (nSPS) is 17.1. The summed E-state index contributed by atoms with van der Waals surface area (Å²) in [6.45, 7) is 2.63. The van der Waals surface area contributed by atoms with Crippen molar-refractivity contribution in [2.45, 2.75) is 31.1 Å². The molecule has 2 fully saturated rings. The van der Waals surface area contributed by atoms with E-state index in [9.17, 15) is 13.2 Å². The SMILES string of the molecule is Cc1ccc(-c2nnn(C3CN(S(=O)(=O)C4CC4)C3)n2)cc1NC(=O)c1cnn2ccccc12. The van der Waals surface area contributed by atoms with Crippen LogP contribution in [0.1, 0.15) is 34.8 Å². The molecule has 1 aromatic carbocycles. The monoisotopic (exact) mass is 478 g/mol. The van der Waals surface area contributed by atoms with Crippen LogP contribution in [0, 0.1) is 6.92 Å². The van der Waals surface area contributed by atoms with Crippen LogP contribution < -0.4 is 5.32 Å². The molecule has 11 nitrogen and oxygen atoms in total. The van der Waals surface area contributed by atoms with Crippen LogP contribution >= 0.6 is 0 Å². The molecule has 1 aliphatic heterocycles. The second-order valence-corrected chi connectivity index (χ2v) is 10.9. The van der Waals surface area contributed by atoms with E-state index in [1.807, 2.05) is 43.3 Å². The molecule has 1 amide bonds. The molecule has 6 rings (SSSR count). The number of tetrazole rings is 1. The van der Waals surface area contributed by atoms with E-state index >= 15 is 0 Å². The first kappa shape index (κ1) is 20.9. The van der Waals surface area contributed by atoms with Crippen molar-refractivity contribution in [3.8, 4) is 11.4 Å². The van der Waals surface area contributed by atoms with Crippen LogP contribution in [0.4, 0.5) is 5.69 Å². The molecular weight excluding hydrogens is 456 g/mol. The van der Waals surface area contributed by atoms with E-state index in [0.29, 0.717) is 35.7 Å².